The number of benzene rings is 2. The van der Waals surface area contributed by atoms with Gasteiger partial charge in [-0.15, -0.1) is 0 Å². The molecule has 0 spiro atoms. The van der Waals surface area contributed by atoms with Gasteiger partial charge in [0.1, 0.15) is 17.0 Å². The molecule has 0 aliphatic heterocycles. The number of halogens is 4. The van der Waals surface area contributed by atoms with Crippen LogP contribution in [0.3, 0.4) is 0 Å². The maximum Gasteiger partial charge on any atom is 0.417 e. The summed E-state index contributed by atoms with van der Waals surface area (Å²) >= 11 is 0. The summed E-state index contributed by atoms with van der Waals surface area (Å²) in [6.45, 7) is 1.38. The summed E-state index contributed by atoms with van der Waals surface area (Å²) < 4.78 is 62.0. The average Bonchev–Trinajstić information content (AvgIpc) is 3.67. The Morgan fingerprint density at radius 3 is 2.53 bits per heavy atom. The van der Waals surface area contributed by atoms with E-state index < -0.39 is 41.1 Å². The van der Waals surface area contributed by atoms with Crippen molar-refractivity contribution in [2.24, 2.45) is 5.92 Å². The van der Waals surface area contributed by atoms with Gasteiger partial charge in [0.05, 0.1) is 35.4 Å². The number of aliphatic hydroxyl groups is 1. The molecule has 1 fully saturated rings. The fraction of sp³-hybridized carbons (Fsp3) is 0.259. The molecule has 0 amide bonds. The van der Waals surface area contributed by atoms with Crippen LogP contribution < -0.4 is 0 Å². The number of nitrogens with zero attached hydrogens (tertiary/aromatic N) is 3. The number of carbonyl (C=O) groups excluding carboxylic acids is 2. The highest BCUT2D eigenvalue weighted by Gasteiger charge is 2.37. The molecule has 11 heteroatoms. The van der Waals surface area contributed by atoms with Crippen LogP contribution in [0.1, 0.15) is 56.4 Å². The molecule has 2 aromatic heterocycles. The van der Waals surface area contributed by atoms with E-state index in [4.69, 9.17) is 0 Å². The Labute approximate surface area is 213 Å². The van der Waals surface area contributed by atoms with Crippen molar-refractivity contribution in [2.45, 2.75) is 32.0 Å². The Balaban J connectivity index is 1.73. The number of alkyl halides is 3. The minimum atomic E-state index is -4.82. The second kappa shape index (κ2) is 9.32. The van der Waals surface area contributed by atoms with Gasteiger partial charge in [0.2, 0.25) is 0 Å². The first-order chi connectivity index (χ1) is 18.0. The largest absolute Gasteiger partial charge is 0.465 e. The van der Waals surface area contributed by atoms with Gasteiger partial charge in [0, 0.05) is 17.3 Å². The summed E-state index contributed by atoms with van der Waals surface area (Å²) in [5, 5.41) is 14.8. The molecule has 7 nitrogen and oxygen atoms in total. The minimum Gasteiger partial charge on any atom is -0.465 e. The number of aryl methyl sites for hydroxylation is 1. The third-order valence-electron chi connectivity index (χ3n) is 6.58. The fourth-order valence-corrected chi connectivity index (χ4v) is 4.44. The van der Waals surface area contributed by atoms with Gasteiger partial charge in [0.15, 0.2) is 0 Å². The van der Waals surface area contributed by atoms with Gasteiger partial charge in [-0.05, 0) is 61.6 Å². The lowest BCUT2D eigenvalue weighted by Crippen LogP contribution is -2.21. The molecule has 2 aromatic carbocycles. The maximum absolute atomic E-state index is 15.1. The number of hydrogen-bond donors (Lipinski definition) is 1. The van der Waals surface area contributed by atoms with Crippen molar-refractivity contribution >= 4 is 22.9 Å². The van der Waals surface area contributed by atoms with E-state index in [0.29, 0.717) is 5.56 Å². The molecule has 0 saturated heterocycles. The normalized spacial score (nSPS) is 14.5. The third kappa shape index (κ3) is 4.43. The molecular formula is C27H21F4N3O4. The minimum absolute atomic E-state index is 0.00928. The number of esters is 1. The van der Waals surface area contributed by atoms with E-state index in [2.05, 4.69) is 14.8 Å². The van der Waals surface area contributed by atoms with Gasteiger partial charge in [-0.3, -0.25) is 9.78 Å². The van der Waals surface area contributed by atoms with E-state index in [0.717, 1.165) is 36.8 Å². The summed E-state index contributed by atoms with van der Waals surface area (Å²) in [5.74, 6) is -2.71. The first kappa shape index (κ1) is 25.5. The number of fused-ring (bicyclic) bond motifs is 1. The molecule has 0 radical (unpaired) electrons. The zero-order chi connectivity index (χ0) is 27.4. The van der Waals surface area contributed by atoms with Gasteiger partial charge in [-0.1, -0.05) is 12.1 Å². The fourth-order valence-electron chi connectivity index (χ4n) is 4.44. The lowest BCUT2D eigenvalue weighted by Gasteiger charge is -2.15. The summed E-state index contributed by atoms with van der Waals surface area (Å²) in [5.41, 5.74) is -1.56. The number of ether oxygens (including phenoxy) is 1. The molecule has 5 rings (SSSR count). The SMILES string of the molecule is COC(=O)c1ccc(-c2nn(C(=O)c3c(C)cccc3C(F)(F)F)c3cc(C(O)C4CC4)cnc23)c(F)c1. The zero-order valence-electron chi connectivity index (χ0n) is 20.2. The van der Waals surface area contributed by atoms with Crippen LogP contribution in [0.15, 0.2) is 48.7 Å². The number of aliphatic hydroxyl groups excluding tert-OH is 1. The Kier molecular flexibility index (Phi) is 6.26. The van der Waals surface area contributed by atoms with Crippen LogP contribution in [0.4, 0.5) is 17.6 Å². The predicted octanol–water partition coefficient (Wildman–Crippen LogP) is 5.48. The number of carbonyl (C=O) groups is 2. The van der Waals surface area contributed by atoms with Crippen LogP contribution in [0.25, 0.3) is 22.3 Å². The standard InChI is InChI=1S/C27H21F4N3O4/c1-13-4-3-5-18(27(29,30)31)21(13)25(36)34-20-11-16(24(35)14-6-7-14)12-32-23(20)22(33-34)17-9-8-15(10-19(17)28)26(37)38-2/h3-5,8-12,14,24,35H,6-7H2,1-2H3. The molecular weight excluding hydrogens is 506 g/mol. The molecule has 0 bridgehead atoms. The monoisotopic (exact) mass is 527 g/mol. The summed E-state index contributed by atoms with van der Waals surface area (Å²) in [7, 11) is 1.15. The van der Waals surface area contributed by atoms with Crippen molar-refractivity contribution in [3.05, 3.63) is 82.3 Å². The molecule has 196 valence electrons. The zero-order valence-corrected chi connectivity index (χ0v) is 20.2. The second-order valence-corrected chi connectivity index (χ2v) is 9.17. The predicted molar refractivity (Wildman–Crippen MR) is 128 cm³/mol. The van der Waals surface area contributed by atoms with Crippen molar-refractivity contribution in [3.63, 3.8) is 0 Å². The van der Waals surface area contributed by atoms with E-state index in [9.17, 15) is 27.9 Å². The lowest BCUT2D eigenvalue weighted by atomic mass is 10.0. The smallest absolute Gasteiger partial charge is 0.417 e. The third-order valence-corrected chi connectivity index (χ3v) is 6.58. The molecule has 1 aliphatic carbocycles. The molecule has 1 atom stereocenters. The van der Waals surface area contributed by atoms with Crippen molar-refractivity contribution in [1.29, 1.82) is 0 Å². The Morgan fingerprint density at radius 2 is 1.89 bits per heavy atom. The van der Waals surface area contributed by atoms with Crippen LogP contribution in [0, 0.1) is 18.7 Å². The quantitative estimate of drug-likeness (QED) is 0.273. The highest BCUT2D eigenvalue weighted by atomic mass is 19.4. The van der Waals surface area contributed by atoms with Crippen LogP contribution in [0.2, 0.25) is 0 Å². The molecule has 1 saturated carbocycles. The average molecular weight is 527 g/mol. The maximum atomic E-state index is 15.1. The lowest BCUT2D eigenvalue weighted by molar-refractivity contribution is -0.138. The van der Waals surface area contributed by atoms with Crippen LogP contribution in [0.5, 0.6) is 0 Å². The molecule has 2 heterocycles. The number of rotatable bonds is 5. The van der Waals surface area contributed by atoms with E-state index in [1.165, 1.54) is 43.5 Å². The van der Waals surface area contributed by atoms with Crippen molar-refractivity contribution < 1.29 is 37.0 Å². The van der Waals surface area contributed by atoms with Gasteiger partial charge in [-0.25, -0.2) is 9.18 Å². The first-order valence-corrected chi connectivity index (χ1v) is 11.7. The molecule has 1 N–H and O–H groups in total. The number of aromatic nitrogens is 3. The van der Waals surface area contributed by atoms with E-state index in [-0.39, 0.29) is 39.3 Å². The molecule has 1 aliphatic rings. The Morgan fingerprint density at radius 1 is 1.16 bits per heavy atom. The molecule has 4 aromatic rings. The van der Waals surface area contributed by atoms with E-state index >= 15 is 4.39 Å². The summed E-state index contributed by atoms with van der Waals surface area (Å²) in [4.78, 5) is 29.8. The van der Waals surface area contributed by atoms with Gasteiger partial charge < -0.3 is 9.84 Å². The van der Waals surface area contributed by atoms with Crippen LogP contribution in [-0.2, 0) is 10.9 Å². The molecule has 1 unspecified atom stereocenters. The first-order valence-electron chi connectivity index (χ1n) is 11.7. The summed E-state index contributed by atoms with van der Waals surface area (Å²) in [6, 6.07) is 8.30. The van der Waals surface area contributed by atoms with E-state index in [1.54, 1.807) is 0 Å². The van der Waals surface area contributed by atoms with E-state index in [1.807, 2.05) is 0 Å². The second-order valence-electron chi connectivity index (χ2n) is 9.17. The van der Waals surface area contributed by atoms with Gasteiger partial charge >= 0.3 is 12.1 Å². The van der Waals surface area contributed by atoms with Gasteiger partial charge in [0.25, 0.3) is 5.91 Å². The topological polar surface area (TPSA) is 94.3 Å². The number of pyridine rings is 1. The Bertz CT molecular complexity index is 1590. The summed E-state index contributed by atoms with van der Waals surface area (Å²) in [6.07, 6.45) is -2.71. The highest BCUT2D eigenvalue weighted by molar-refractivity contribution is 6.05. The number of hydrogen-bond acceptors (Lipinski definition) is 6. The van der Waals surface area contributed by atoms with Gasteiger partial charge in [-0.2, -0.15) is 23.0 Å². The van der Waals surface area contributed by atoms with Crippen LogP contribution >= 0.6 is 0 Å². The van der Waals surface area contributed by atoms with Crippen molar-refractivity contribution in [3.8, 4) is 11.3 Å². The van der Waals surface area contributed by atoms with Crippen molar-refractivity contribution in [1.82, 2.24) is 14.8 Å². The highest BCUT2D eigenvalue weighted by Crippen LogP contribution is 2.42. The molecule has 38 heavy (non-hydrogen) atoms. The Hall–Kier alpha value is -4.12. The van der Waals surface area contributed by atoms with Crippen molar-refractivity contribution in [2.75, 3.05) is 7.11 Å². The van der Waals surface area contributed by atoms with Crippen LogP contribution in [-0.4, -0.2) is 38.9 Å². The number of methoxy groups -OCH3 is 1.